The van der Waals surface area contributed by atoms with Crippen LogP contribution < -0.4 is 16.2 Å². The quantitative estimate of drug-likeness (QED) is 0.325. The van der Waals surface area contributed by atoms with Gasteiger partial charge in [0.05, 0.1) is 0 Å². The Labute approximate surface area is 232 Å². The molecule has 1 aromatic carbocycles. The third-order valence-corrected chi connectivity index (χ3v) is 8.67. The first kappa shape index (κ1) is 25.9. The third-order valence-electron chi connectivity index (χ3n) is 8.45. The SMILES string of the molecule is CC(C)n1nccc1C(=O)N[C@H](C(=O)Nc1ccc2c(c1)CCC2c1ccc(Cl)[nH]c1=O)C(C1CC1)C1CC1. The molecule has 3 N–H and O–H groups in total. The van der Waals surface area contributed by atoms with Gasteiger partial charge in [0.25, 0.3) is 11.5 Å². The lowest BCUT2D eigenvalue weighted by atomic mass is 9.88. The molecule has 0 aliphatic heterocycles. The molecular formula is C30H34ClN5O3. The van der Waals surface area contributed by atoms with Crippen molar-refractivity contribution in [1.29, 1.82) is 0 Å². The Morgan fingerprint density at radius 2 is 1.74 bits per heavy atom. The largest absolute Gasteiger partial charge is 0.339 e. The van der Waals surface area contributed by atoms with Crippen molar-refractivity contribution < 1.29 is 9.59 Å². The van der Waals surface area contributed by atoms with E-state index in [4.69, 9.17) is 11.6 Å². The molecule has 2 atom stereocenters. The highest BCUT2D eigenvalue weighted by Crippen LogP contribution is 2.51. The van der Waals surface area contributed by atoms with Gasteiger partial charge >= 0.3 is 0 Å². The monoisotopic (exact) mass is 547 g/mol. The van der Waals surface area contributed by atoms with E-state index in [9.17, 15) is 14.4 Å². The topological polar surface area (TPSA) is 109 Å². The van der Waals surface area contributed by atoms with Crippen LogP contribution in [0.2, 0.25) is 5.15 Å². The van der Waals surface area contributed by atoms with Crippen LogP contribution in [0.3, 0.4) is 0 Å². The van der Waals surface area contributed by atoms with E-state index in [1.807, 2.05) is 32.0 Å². The molecule has 3 aliphatic rings. The van der Waals surface area contributed by atoms with Crippen molar-refractivity contribution in [3.63, 3.8) is 0 Å². The van der Waals surface area contributed by atoms with Crippen LogP contribution in [-0.2, 0) is 11.2 Å². The second-order valence-electron chi connectivity index (χ2n) is 11.5. The van der Waals surface area contributed by atoms with Crippen LogP contribution >= 0.6 is 11.6 Å². The van der Waals surface area contributed by atoms with Gasteiger partial charge in [-0.2, -0.15) is 5.10 Å². The Bertz CT molecular complexity index is 1460. The Morgan fingerprint density at radius 1 is 1.03 bits per heavy atom. The molecule has 8 nitrogen and oxygen atoms in total. The molecule has 2 saturated carbocycles. The highest BCUT2D eigenvalue weighted by Gasteiger charge is 2.48. The van der Waals surface area contributed by atoms with E-state index in [0.717, 1.165) is 49.7 Å². The molecule has 204 valence electrons. The van der Waals surface area contributed by atoms with Gasteiger partial charge in [-0.25, -0.2) is 0 Å². The van der Waals surface area contributed by atoms with Crippen LogP contribution in [0.15, 0.2) is 47.4 Å². The van der Waals surface area contributed by atoms with Crippen molar-refractivity contribution >= 4 is 29.1 Å². The van der Waals surface area contributed by atoms with Crippen LogP contribution in [0.5, 0.6) is 0 Å². The van der Waals surface area contributed by atoms with Crippen molar-refractivity contribution in [3.05, 3.63) is 80.5 Å². The minimum atomic E-state index is -0.610. The van der Waals surface area contributed by atoms with Crippen LogP contribution in [0.1, 0.15) is 85.1 Å². The maximum Gasteiger partial charge on any atom is 0.270 e. The van der Waals surface area contributed by atoms with Gasteiger partial charge in [0.2, 0.25) is 5.91 Å². The molecule has 3 aliphatic carbocycles. The number of carbonyl (C=O) groups is 2. The Kier molecular flexibility index (Phi) is 6.83. The molecule has 0 radical (unpaired) electrons. The van der Waals surface area contributed by atoms with Gasteiger partial charge in [-0.3, -0.25) is 19.1 Å². The summed E-state index contributed by atoms with van der Waals surface area (Å²) >= 11 is 5.94. The molecule has 2 heterocycles. The van der Waals surface area contributed by atoms with Crippen LogP contribution in [-0.4, -0.2) is 32.6 Å². The van der Waals surface area contributed by atoms with Crippen molar-refractivity contribution in [3.8, 4) is 0 Å². The van der Waals surface area contributed by atoms with Gasteiger partial charge in [-0.05, 0) is 112 Å². The van der Waals surface area contributed by atoms with Crippen molar-refractivity contribution in [1.82, 2.24) is 20.1 Å². The zero-order valence-corrected chi connectivity index (χ0v) is 23.0. The average molecular weight is 548 g/mol. The number of halogens is 1. The van der Waals surface area contributed by atoms with Gasteiger partial charge in [0, 0.05) is 29.4 Å². The van der Waals surface area contributed by atoms with Gasteiger partial charge in [-0.1, -0.05) is 17.7 Å². The van der Waals surface area contributed by atoms with E-state index in [1.54, 1.807) is 29.1 Å². The Hall–Kier alpha value is -3.39. The molecule has 39 heavy (non-hydrogen) atoms. The van der Waals surface area contributed by atoms with E-state index >= 15 is 0 Å². The number of amides is 2. The summed E-state index contributed by atoms with van der Waals surface area (Å²) in [5, 5.41) is 10.8. The molecule has 2 amide bonds. The number of aromatic amines is 1. The van der Waals surface area contributed by atoms with E-state index < -0.39 is 6.04 Å². The molecule has 1 unspecified atom stereocenters. The Balaban J connectivity index is 1.23. The predicted octanol–water partition coefficient (Wildman–Crippen LogP) is 5.06. The van der Waals surface area contributed by atoms with Gasteiger partial charge in [0.1, 0.15) is 16.9 Å². The lowest BCUT2D eigenvalue weighted by molar-refractivity contribution is -0.119. The number of nitrogens with one attached hydrogen (secondary N) is 3. The average Bonchev–Trinajstić information content (AvgIpc) is 3.82. The fourth-order valence-corrected chi connectivity index (χ4v) is 6.47. The number of aromatic nitrogens is 3. The fourth-order valence-electron chi connectivity index (χ4n) is 6.32. The standard InChI is InChI=1S/C30H34ClN5O3/c1-16(2)36-24(13-14-32-36)29(38)35-27(26(17-3-4-17)18-5-6-18)30(39)33-20-8-10-21-19(15-20)7-9-22(21)23-11-12-25(31)34-28(23)37/h8,10-18,22,26-27H,3-7,9H2,1-2H3,(H,33,39)(H,34,37)(H,35,38)/t22?,27-/m0/s1. The molecule has 2 fully saturated rings. The van der Waals surface area contributed by atoms with Crippen LogP contribution in [0.25, 0.3) is 0 Å². The molecule has 0 spiro atoms. The summed E-state index contributed by atoms with van der Waals surface area (Å²) < 4.78 is 1.69. The van der Waals surface area contributed by atoms with Crippen molar-refractivity contribution in [2.45, 2.75) is 70.4 Å². The zero-order valence-electron chi connectivity index (χ0n) is 22.2. The number of pyridine rings is 1. The normalized spacial score (nSPS) is 19.3. The number of anilines is 1. The number of aryl methyl sites for hydroxylation is 1. The zero-order chi connectivity index (χ0) is 27.3. The third kappa shape index (κ3) is 5.26. The van der Waals surface area contributed by atoms with Gasteiger partial charge < -0.3 is 15.6 Å². The molecule has 9 heteroatoms. The highest BCUT2D eigenvalue weighted by atomic mass is 35.5. The molecule has 6 rings (SSSR count). The smallest absolute Gasteiger partial charge is 0.270 e. The predicted molar refractivity (Wildman–Crippen MR) is 150 cm³/mol. The number of carbonyl (C=O) groups excluding carboxylic acids is 2. The summed E-state index contributed by atoms with van der Waals surface area (Å²) in [4.78, 5) is 42.4. The first-order valence-electron chi connectivity index (χ1n) is 14.0. The highest BCUT2D eigenvalue weighted by molar-refractivity contribution is 6.29. The first-order chi connectivity index (χ1) is 18.8. The minimum absolute atomic E-state index is 0.00210. The number of benzene rings is 1. The second kappa shape index (κ2) is 10.3. The van der Waals surface area contributed by atoms with Gasteiger partial charge in [0.15, 0.2) is 0 Å². The summed E-state index contributed by atoms with van der Waals surface area (Å²) in [5.74, 6) is 0.644. The number of hydrogen-bond acceptors (Lipinski definition) is 4. The first-order valence-corrected chi connectivity index (χ1v) is 14.3. The van der Waals surface area contributed by atoms with Crippen LogP contribution in [0, 0.1) is 17.8 Å². The second-order valence-corrected chi connectivity index (χ2v) is 12.0. The van der Waals surface area contributed by atoms with Crippen molar-refractivity contribution in [2.75, 3.05) is 5.32 Å². The lowest BCUT2D eigenvalue weighted by Gasteiger charge is -2.28. The summed E-state index contributed by atoms with van der Waals surface area (Å²) in [7, 11) is 0. The maximum absolute atomic E-state index is 13.8. The summed E-state index contributed by atoms with van der Waals surface area (Å²) in [6, 6.07) is 10.5. The Morgan fingerprint density at radius 3 is 2.41 bits per heavy atom. The lowest BCUT2D eigenvalue weighted by Crippen LogP contribution is -2.50. The van der Waals surface area contributed by atoms with E-state index in [0.29, 0.717) is 33.9 Å². The molecule has 2 aromatic heterocycles. The van der Waals surface area contributed by atoms with E-state index in [-0.39, 0.29) is 35.3 Å². The number of hydrogen-bond donors (Lipinski definition) is 3. The fraction of sp³-hybridized carbons (Fsp3) is 0.467. The maximum atomic E-state index is 13.8. The molecule has 0 bridgehead atoms. The molecule has 3 aromatic rings. The van der Waals surface area contributed by atoms with Crippen molar-refractivity contribution in [2.24, 2.45) is 17.8 Å². The minimum Gasteiger partial charge on any atom is -0.339 e. The number of H-pyrrole nitrogens is 1. The summed E-state index contributed by atoms with van der Waals surface area (Å²) in [6.07, 6.45) is 7.69. The van der Waals surface area contributed by atoms with Crippen LogP contribution in [0.4, 0.5) is 5.69 Å². The number of nitrogens with zero attached hydrogens (tertiary/aromatic N) is 2. The van der Waals surface area contributed by atoms with E-state index in [1.165, 1.54) is 0 Å². The number of rotatable bonds is 9. The van der Waals surface area contributed by atoms with Gasteiger partial charge in [-0.15, -0.1) is 0 Å². The summed E-state index contributed by atoms with van der Waals surface area (Å²) in [6.45, 7) is 3.96. The summed E-state index contributed by atoms with van der Waals surface area (Å²) in [5.41, 5.74) is 3.93. The molecular weight excluding hydrogens is 514 g/mol. The molecule has 0 saturated heterocycles. The number of fused-ring (bicyclic) bond motifs is 1. The van der Waals surface area contributed by atoms with E-state index in [2.05, 4.69) is 20.7 Å².